The number of aromatic amines is 1. The van der Waals surface area contributed by atoms with Crippen molar-refractivity contribution in [1.29, 1.82) is 0 Å². The lowest BCUT2D eigenvalue weighted by Gasteiger charge is -2.00. The van der Waals surface area contributed by atoms with Gasteiger partial charge in [0.1, 0.15) is 0 Å². The summed E-state index contributed by atoms with van der Waals surface area (Å²) in [6.07, 6.45) is 3.42. The summed E-state index contributed by atoms with van der Waals surface area (Å²) in [4.78, 5) is 21.1. The van der Waals surface area contributed by atoms with Crippen LogP contribution in [0, 0.1) is 0 Å². The largest absolute Gasteiger partial charge is 0.477 e. The molecule has 2 aromatic heterocycles. The third-order valence-electron chi connectivity index (χ3n) is 1.86. The van der Waals surface area contributed by atoms with E-state index in [4.69, 9.17) is 10.8 Å². The number of nitrogen functional groups attached to an aromatic ring is 1. The Balaban J connectivity index is 2.54. The van der Waals surface area contributed by atoms with Crippen LogP contribution in [0.25, 0.3) is 11.3 Å². The van der Waals surface area contributed by atoms with Gasteiger partial charge in [0.15, 0.2) is 5.69 Å². The number of anilines is 1. The fraction of sp³-hybridized carbons (Fsp3) is 0. The van der Waals surface area contributed by atoms with Gasteiger partial charge in [-0.15, -0.1) is 0 Å². The summed E-state index contributed by atoms with van der Waals surface area (Å²) in [5, 5.41) is 8.78. The second kappa shape index (κ2) is 3.41. The number of carbonyl (C=O) groups is 1. The Labute approximate surface area is 84.8 Å². The van der Waals surface area contributed by atoms with E-state index in [9.17, 15) is 4.79 Å². The van der Waals surface area contributed by atoms with Gasteiger partial charge in [0.25, 0.3) is 0 Å². The average Bonchev–Trinajstić information content (AvgIpc) is 2.69. The average molecular weight is 204 g/mol. The molecule has 0 aliphatic rings. The van der Waals surface area contributed by atoms with E-state index in [-0.39, 0.29) is 11.6 Å². The molecule has 6 nitrogen and oxygen atoms in total. The Morgan fingerprint density at radius 2 is 2.27 bits per heavy atom. The van der Waals surface area contributed by atoms with Crippen molar-refractivity contribution >= 4 is 11.9 Å². The molecule has 0 bridgehead atoms. The zero-order valence-corrected chi connectivity index (χ0v) is 7.64. The van der Waals surface area contributed by atoms with Crippen molar-refractivity contribution in [2.75, 3.05) is 5.73 Å². The van der Waals surface area contributed by atoms with Crippen LogP contribution in [0.3, 0.4) is 0 Å². The molecule has 0 spiro atoms. The standard InChI is InChI=1S/C9H8N4O2/c10-9-12-6(5-1-2-11-4-5)3-7(13-9)8(14)15/h1-4,11H,(H,14,15)(H2,10,12,13). The normalized spacial score (nSPS) is 10.1. The van der Waals surface area contributed by atoms with Gasteiger partial charge in [0.05, 0.1) is 5.69 Å². The lowest BCUT2D eigenvalue weighted by Crippen LogP contribution is -2.05. The first-order valence-electron chi connectivity index (χ1n) is 4.18. The second-order valence-electron chi connectivity index (χ2n) is 2.90. The molecule has 2 rings (SSSR count). The minimum atomic E-state index is -1.12. The van der Waals surface area contributed by atoms with Crippen molar-refractivity contribution in [1.82, 2.24) is 15.0 Å². The molecule has 0 unspecified atom stereocenters. The van der Waals surface area contributed by atoms with E-state index in [0.717, 1.165) is 5.56 Å². The predicted molar refractivity (Wildman–Crippen MR) is 53.2 cm³/mol. The van der Waals surface area contributed by atoms with Gasteiger partial charge in [-0.2, -0.15) is 0 Å². The first kappa shape index (κ1) is 9.20. The van der Waals surface area contributed by atoms with Crippen LogP contribution in [0.1, 0.15) is 10.5 Å². The number of hydrogen-bond donors (Lipinski definition) is 3. The number of H-pyrrole nitrogens is 1. The predicted octanol–water partition coefficient (Wildman–Crippen LogP) is 0.752. The van der Waals surface area contributed by atoms with Crippen LogP contribution < -0.4 is 5.73 Å². The van der Waals surface area contributed by atoms with Crippen LogP contribution in [-0.2, 0) is 0 Å². The summed E-state index contributed by atoms with van der Waals surface area (Å²) in [6.45, 7) is 0. The molecule has 15 heavy (non-hydrogen) atoms. The van der Waals surface area contributed by atoms with Gasteiger partial charge in [0.2, 0.25) is 5.95 Å². The van der Waals surface area contributed by atoms with Crippen LogP contribution in [0.4, 0.5) is 5.95 Å². The number of nitrogens with two attached hydrogens (primary N) is 1. The molecule has 0 aliphatic carbocycles. The van der Waals surface area contributed by atoms with Gasteiger partial charge in [-0.1, -0.05) is 0 Å². The van der Waals surface area contributed by atoms with Crippen LogP contribution in [0.15, 0.2) is 24.5 Å². The van der Waals surface area contributed by atoms with Gasteiger partial charge < -0.3 is 15.8 Å². The van der Waals surface area contributed by atoms with Crippen molar-refractivity contribution in [2.45, 2.75) is 0 Å². The van der Waals surface area contributed by atoms with Crippen molar-refractivity contribution in [2.24, 2.45) is 0 Å². The molecule has 2 aromatic rings. The number of hydrogen-bond acceptors (Lipinski definition) is 4. The first-order chi connectivity index (χ1) is 7.16. The molecule has 0 amide bonds. The van der Waals surface area contributed by atoms with Crippen molar-refractivity contribution in [3.8, 4) is 11.3 Å². The first-order valence-corrected chi connectivity index (χ1v) is 4.18. The summed E-state index contributed by atoms with van der Waals surface area (Å²) >= 11 is 0. The van der Waals surface area contributed by atoms with Crippen LogP contribution in [0.2, 0.25) is 0 Å². The highest BCUT2D eigenvalue weighted by Gasteiger charge is 2.10. The maximum absolute atomic E-state index is 10.7. The number of aromatic nitrogens is 3. The molecule has 0 aromatic carbocycles. The minimum Gasteiger partial charge on any atom is -0.477 e. The third kappa shape index (κ3) is 1.78. The zero-order chi connectivity index (χ0) is 10.8. The smallest absolute Gasteiger partial charge is 0.354 e. The lowest BCUT2D eigenvalue weighted by molar-refractivity contribution is 0.0690. The Morgan fingerprint density at radius 3 is 2.87 bits per heavy atom. The number of nitrogens with one attached hydrogen (secondary N) is 1. The minimum absolute atomic E-state index is 0.0499. The maximum atomic E-state index is 10.7. The van der Waals surface area contributed by atoms with Crippen LogP contribution in [0.5, 0.6) is 0 Å². The van der Waals surface area contributed by atoms with E-state index in [1.807, 2.05) is 0 Å². The fourth-order valence-electron chi connectivity index (χ4n) is 1.21. The molecule has 0 saturated heterocycles. The molecule has 6 heteroatoms. The molecule has 0 fully saturated rings. The van der Waals surface area contributed by atoms with Crippen molar-refractivity contribution < 1.29 is 9.90 Å². The molecule has 0 atom stereocenters. The maximum Gasteiger partial charge on any atom is 0.354 e. The van der Waals surface area contributed by atoms with Crippen molar-refractivity contribution in [3.05, 3.63) is 30.2 Å². The van der Waals surface area contributed by atoms with E-state index in [1.165, 1.54) is 6.07 Å². The molecule has 0 saturated carbocycles. The lowest BCUT2D eigenvalue weighted by atomic mass is 10.2. The Hall–Kier alpha value is -2.37. The number of rotatable bonds is 2. The van der Waals surface area contributed by atoms with Gasteiger partial charge in [0, 0.05) is 18.0 Å². The molecule has 76 valence electrons. The monoisotopic (exact) mass is 204 g/mol. The molecular formula is C9H8N4O2. The summed E-state index contributed by atoms with van der Waals surface area (Å²) < 4.78 is 0. The van der Waals surface area contributed by atoms with E-state index in [1.54, 1.807) is 18.5 Å². The highest BCUT2D eigenvalue weighted by atomic mass is 16.4. The van der Waals surface area contributed by atoms with E-state index >= 15 is 0 Å². The highest BCUT2D eigenvalue weighted by Crippen LogP contribution is 2.17. The summed E-state index contributed by atoms with van der Waals surface area (Å²) in [5.41, 5.74) is 6.55. The van der Waals surface area contributed by atoms with E-state index in [2.05, 4.69) is 15.0 Å². The number of aromatic carboxylic acids is 1. The number of carboxylic acid groups (broad SMARTS) is 1. The quantitative estimate of drug-likeness (QED) is 0.669. The Bertz CT molecular complexity index is 493. The molecule has 2 heterocycles. The van der Waals surface area contributed by atoms with E-state index in [0.29, 0.717) is 5.69 Å². The number of nitrogens with zero attached hydrogens (tertiary/aromatic N) is 2. The molecule has 4 N–H and O–H groups in total. The van der Waals surface area contributed by atoms with Crippen LogP contribution >= 0.6 is 0 Å². The molecular weight excluding hydrogens is 196 g/mol. The SMILES string of the molecule is Nc1nc(C(=O)O)cc(-c2cc[nH]c2)n1. The topological polar surface area (TPSA) is 105 Å². The van der Waals surface area contributed by atoms with Gasteiger partial charge >= 0.3 is 5.97 Å². The van der Waals surface area contributed by atoms with Gasteiger partial charge in [-0.3, -0.25) is 0 Å². The zero-order valence-electron chi connectivity index (χ0n) is 7.64. The third-order valence-corrected chi connectivity index (χ3v) is 1.86. The summed E-state index contributed by atoms with van der Waals surface area (Å²) in [6, 6.07) is 3.15. The Kier molecular flexibility index (Phi) is 2.09. The summed E-state index contributed by atoms with van der Waals surface area (Å²) in [7, 11) is 0. The second-order valence-corrected chi connectivity index (χ2v) is 2.90. The van der Waals surface area contributed by atoms with Crippen LogP contribution in [-0.4, -0.2) is 26.0 Å². The van der Waals surface area contributed by atoms with Crippen molar-refractivity contribution in [3.63, 3.8) is 0 Å². The fourth-order valence-corrected chi connectivity index (χ4v) is 1.21. The van der Waals surface area contributed by atoms with E-state index < -0.39 is 5.97 Å². The molecule has 0 aliphatic heterocycles. The summed E-state index contributed by atoms with van der Waals surface area (Å²) in [5.74, 6) is -1.17. The highest BCUT2D eigenvalue weighted by molar-refractivity contribution is 5.87. The van der Waals surface area contributed by atoms with Gasteiger partial charge in [-0.05, 0) is 12.1 Å². The molecule has 0 radical (unpaired) electrons. The Morgan fingerprint density at radius 1 is 1.47 bits per heavy atom. The van der Waals surface area contributed by atoms with Gasteiger partial charge in [-0.25, -0.2) is 14.8 Å². The number of carboxylic acids is 1.